The number of benzene rings is 2. The van der Waals surface area contributed by atoms with E-state index in [9.17, 15) is 9.59 Å². The van der Waals surface area contributed by atoms with Crippen LogP contribution in [-0.4, -0.2) is 98.8 Å². The van der Waals surface area contributed by atoms with Gasteiger partial charge >= 0.3 is 0 Å². The molecule has 0 spiro atoms. The Morgan fingerprint density at radius 1 is 0.980 bits per heavy atom. The van der Waals surface area contributed by atoms with Gasteiger partial charge in [0.05, 0.1) is 38.3 Å². The van der Waals surface area contributed by atoms with Crippen LogP contribution in [0.2, 0.25) is 0 Å². The van der Waals surface area contributed by atoms with Gasteiger partial charge in [0, 0.05) is 38.1 Å². The van der Waals surface area contributed by atoms with Crippen LogP contribution in [0.5, 0.6) is 0 Å². The van der Waals surface area contributed by atoms with Gasteiger partial charge in [0.15, 0.2) is 11.2 Å². The lowest BCUT2D eigenvalue weighted by Gasteiger charge is -2.34. The van der Waals surface area contributed by atoms with Gasteiger partial charge < -0.3 is 30.3 Å². The summed E-state index contributed by atoms with van der Waals surface area (Å²) in [6.45, 7) is 8.02. The molecule has 2 aromatic carbocycles. The van der Waals surface area contributed by atoms with Gasteiger partial charge in [-0.1, -0.05) is 18.2 Å². The molecule has 0 atom stereocenters. The first-order valence-electron chi connectivity index (χ1n) is 17.8. The van der Waals surface area contributed by atoms with Gasteiger partial charge in [-0.2, -0.15) is 10.1 Å². The summed E-state index contributed by atoms with van der Waals surface area (Å²) >= 11 is 0. The van der Waals surface area contributed by atoms with Gasteiger partial charge in [0.1, 0.15) is 29.1 Å². The highest BCUT2D eigenvalue weighted by Gasteiger charge is 2.27. The third kappa shape index (κ3) is 8.03. The first kappa shape index (κ1) is 34.5. The van der Waals surface area contributed by atoms with Crippen molar-refractivity contribution in [1.82, 2.24) is 34.5 Å². The maximum atomic E-state index is 13.4. The summed E-state index contributed by atoms with van der Waals surface area (Å²) in [6, 6.07) is 12.1. The van der Waals surface area contributed by atoms with Gasteiger partial charge in [-0.3, -0.25) is 14.5 Å². The molecule has 2 aliphatic heterocycles. The van der Waals surface area contributed by atoms with Crippen molar-refractivity contribution in [2.45, 2.75) is 52.1 Å². The second-order valence-corrected chi connectivity index (χ2v) is 13.4. The number of ketones is 1. The Kier molecular flexibility index (Phi) is 10.5. The molecule has 1 fully saturated rings. The number of fused-ring (bicyclic) bond motifs is 3. The molecule has 2 aliphatic rings. The van der Waals surface area contributed by atoms with Crippen LogP contribution in [0.25, 0.3) is 33.4 Å². The molecule has 51 heavy (non-hydrogen) atoms. The fourth-order valence-electron chi connectivity index (χ4n) is 7.14. The predicted molar refractivity (Wildman–Crippen MR) is 193 cm³/mol. The number of carbonyl (C=O) groups excluding carboxylic acids is 2. The highest BCUT2D eigenvalue weighted by molar-refractivity contribution is 5.99. The maximum Gasteiger partial charge on any atom is 0.292 e. The molecule has 0 saturated carbocycles. The summed E-state index contributed by atoms with van der Waals surface area (Å²) in [5, 5.41) is 5.61. The third-order valence-electron chi connectivity index (χ3n) is 9.89. The van der Waals surface area contributed by atoms with Crippen LogP contribution < -0.4 is 11.5 Å². The standard InChI is InChI=1S/C37H45N9O5/c1-2-49-15-16-50-14-10-29(47)18-24-7-11-44(12-8-24)22-32(48)45-13-9-26-17-25(3-4-28(26)21-45)20-46-36-33(35(38)40-23-41-36)34(43-46)27-5-6-31-30(19-27)42-37(39)51-31/h3-6,17,19,23-24H,2,7-16,18,20-22H2,1H3,(H2,39,42)(H2,38,40,41). The van der Waals surface area contributed by atoms with Crippen molar-refractivity contribution in [2.24, 2.45) is 5.92 Å². The number of nitrogen functional groups attached to an aromatic ring is 2. The minimum atomic E-state index is 0.105. The first-order chi connectivity index (χ1) is 24.8. The van der Waals surface area contributed by atoms with E-state index in [4.69, 9.17) is 30.5 Å². The molecule has 14 heteroatoms. The number of nitrogens with zero attached hydrogens (tertiary/aromatic N) is 7. The van der Waals surface area contributed by atoms with Crippen LogP contribution in [0.15, 0.2) is 47.1 Å². The number of hydrogen-bond donors (Lipinski definition) is 2. The number of rotatable bonds is 14. The van der Waals surface area contributed by atoms with Gasteiger partial charge in [-0.25, -0.2) is 14.6 Å². The minimum absolute atomic E-state index is 0.105. The average molecular weight is 696 g/mol. The topological polar surface area (TPSA) is 181 Å². The van der Waals surface area contributed by atoms with E-state index < -0.39 is 0 Å². The Morgan fingerprint density at radius 2 is 1.82 bits per heavy atom. The summed E-state index contributed by atoms with van der Waals surface area (Å²) in [5.41, 5.74) is 18.9. The Hall–Kier alpha value is -4.92. The number of oxazole rings is 1. The van der Waals surface area contributed by atoms with Crippen LogP contribution in [0, 0.1) is 5.92 Å². The number of hydrogen-bond acceptors (Lipinski definition) is 12. The van der Waals surface area contributed by atoms with Crippen LogP contribution in [0.4, 0.5) is 11.8 Å². The van der Waals surface area contributed by atoms with Crippen molar-refractivity contribution in [3.63, 3.8) is 0 Å². The third-order valence-corrected chi connectivity index (χ3v) is 9.89. The van der Waals surface area contributed by atoms with Crippen molar-refractivity contribution < 1.29 is 23.5 Å². The summed E-state index contributed by atoms with van der Waals surface area (Å²) in [4.78, 5) is 43.0. The highest BCUT2D eigenvalue weighted by atomic mass is 16.5. The van der Waals surface area contributed by atoms with Crippen molar-refractivity contribution >= 4 is 45.7 Å². The summed E-state index contributed by atoms with van der Waals surface area (Å²) in [6.07, 6.45) is 5.16. The Balaban J connectivity index is 0.931. The highest BCUT2D eigenvalue weighted by Crippen LogP contribution is 2.33. The molecule has 5 heterocycles. The number of Topliss-reactive ketones (excluding diaryl/α,β-unsaturated/α-hetero) is 1. The number of aromatic nitrogens is 5. The molecule has 0 bridgehead atoms. The molecule has 14 nitrogen and oxygen atoms in total. The van der Waals surface area contributed by atoms with Crippen molar-refractivity contribution in [3.8, 4) is 11.3 Å². The molecule has 4 N–H and O–H groups in total. The molecule has 0 radical (unpaired) electrons. The molecule has 7 rings (SSSR count). The quantitative estimate of drug-likeness (QED) is 0.161. The molecule has 0 unspecified atom stereocenters. The Morgan fingerprint density at radius 3 is 2.67 bits per heavy atom. The summed E-state index contributed by atoms with van der Waals surface area (Å²) in [7, 11) is 0. The number of nitrogens with two attached hydrogens (primary N) is 2. The van der Waals surface area contributed by atoms with Crippen molar-refractivity contribution in [2.75, 3.05) is 64.1 Å². The molecular weight excluding hydrogens is 650 g/mol. The fraction of sp³-hybridized carbons (Fsp3) is 0.459. The molecule has 5 aromatic rings. The van der Waals surface area contributed by atoms with E-state index in [0.717, 1.165) is 49.0 Å². The van der Waals surface area contributed by atoms with E-state index in [2.05, 4.69) is 38.1 Å². The van der Waals surface area contributed by atoms with Crippen LogP contribution in [-0.2, 0) is 38.6 Å². The second kappa shape index (κ2) is 15.5. The lowest BCUT2D eigenvalue weighted by molar-refractivity contribution is -0.134. The number of piperidine rings is 1. The molecule has 1 amide bonds. The van der Waals surface area contributed by atoms with E-state index in [1.807, 2.05) is 34.7 Å². The van der Waals surface area contributed by atoms with Gasteiger partial charge in [0.25, 0.3) is 6.01 Å². The number of likely N-dealkylation sites (tertiary alicyclic amines) is 1. The minimum Gasteiger partial charge on any atom is -0.424 e. The van der Waals surface area contributed by atoms with Gasteiger partial charge in [-0.15, -0.1) is 0 Å². The molecular formula is C37H45N9O5. The van der Waals surface area contributed by atoms with Gasteiger partial charge in [-0.05, 0) is 80.1 Å². The van der Waals surface area contributed by atoms with E-state index in [-0.39, 0.29) is 17.7 Å². The zero-order valence-corrected chi connectivity index (χ0v) is 29.1. The smallest absolute Gasteiger partial charge is 0.292 e. The first-order valence-corrected chi connectivity index (χ1v) is 17.8. The number of carbonyl (C=O) groups is 2. The van der Waals surface area contributed by atoms with E-state index in [0.29, 0.717) is 105 Å². The van der Waals surface area contributed by atoms with E-state index >= 15 is 0 Å². The summed E-state index contributed by atoms with van der Waals surface area (Å²) < 4.78 is 18.0. The molecule has 1 saturated heterocycles. The zero-order valence-electron chi connectivity index (χ0n) is 29.1. The average Bonchev–Trinajstić information content (AvgIpc) is 3.70. The zero-order chi connectivity index (χ0) is 35.3. The Labute approximate surface area is 296 Å². The van der Waals surface area contributed by atoms with Crippen LogP contribution >= 0.6 is 0 Å². The van der Waals surface area contributed by atoms with Crippen molar-refractivity contribution in [1.29, 1.82) is 0 Å². The number of anilines is 2. The monoisotopic (exact) mass is 695 g/mol. The van der Waals surface area contributed by atoms with Crippen LogP contribution in [0.3, 0.4) is 0 Å². The lowest BCUT2D eigenvalue weighted by Crippen LogP contribution is -2.45. The molecule has 3 aromatic heterocycles. The van der Waals surface area contributed by atoms with E-state index in [1.165, 1.54) is 11.9 Å². The second-order valence-electron chi connectivity index (χ2n) is 13.4. The normalized spacial score (nSPS) is 15.5. The van der Waals surface area contributed by atoms with E-state index in [1.54, 1.807) is 0 Å². The molecule has 0 aliphatic carbocycles. The molecule has 268 valence electrons. The lowest BCUT2D eigenvalue weighted by atomic mass is 9.91. The fourth-order valence-corrected chi connectivity index (χ4v) is 7.14. The van der Waals surface area contributed by atoms with Crippen LogP contribution in [0.1, 0.15) is 49.3 Å². The predicted octanol–water partition coefficient (Wildman–Crippen LogP) is 3.85. The summed E-state index contributed by atoms with van der Waals surface area (Å²) in [5.74, 6) is 1.14. The van der Waals surface area contributed by atoms with Gasteiger partial charge in [0.2, 0.25) is 5.91 Å². The number of ether oxygens (including phenoxy) is 2. The SMILES string of the molecule is CCOCCOCCC(=O)CC1CCN(CC(=O)N2CCc3cc(Cn4nc(-c5ccc6oc(N)nc6c5)c5c(N)ncnc54)ccc3C2)CC1. The van der Waals surface area contributed by atoms with Crippen molar-refractivity contribution in [3.05, 3.63) is 59.4 Å². The number of amides is 1. The maximum absolute atomic E-state index is 13.4. The largest absolute Gasteiger partial charge is 0.424 e. The Bertz CT molecular complexity index is 2020.